The predicted octanol–water partition coefficient (Wildman–Crippen LogP) is 6.17. The Bertz CT molecular complexity index is 1130. The van der Waals surface area contributed by atoms with Crippen molar-refractivity contribution in [2.24, 2.45) is 0 Å². The summed E-state index contributed by atoms with van der Waals surface area (Å²) in [6.45, 7) is 3.01. The zero-order valence-electron chi connectivity index (χ0n) is 19.0. The van der Waals surface area contributed by atoms with Crippen LogP contribution in [-0.2, 0) is 6.61 Å². The summed E-state index contributed by atoms with van der Waals surface area (Å²) in [5.74, 6) is -0.896. The molecule has 1 aliphatic rings. The Morgan fingerprint density at radius 1 is 1.06 bits per heavy atom. The molecule has 7 heteroatoms. The molecule has 0 amide bonds. The Kier molecular flexibility index (Phi) is 7.98. The summed E-state index contributed by atoms with van der Waals surface area (Å²) in [5.41, 5.74) is 1.01. The molecule has 5 nitrogen and oxygen atoms in total. The zero-order valence-corrected chi connectivity index (χ0v) is 20.6. The van der Waals surface area contributed by atoms with Gasteiger partial charge in [-0.15, -0.1) is 0 Å². The molecule has 4 rings (SSSR count). The van der Waals surface area contributed by atoms with Gasteiger partial charge in [0.2, 0.25) is 0 Å². The standard InChI is InChI=1S/C27H27BrFNO4/c1-18-21(27(32)34-20-13-7-3-8-14-20)25(33-17-19-11-5-2-6-12-19)23(28)22(24(18)29)26(31)30-15-9-4-10-16-30/h2-3,5-8,11-14,26,31H,4,9-10,15-17H2,1H3. The predicted molar refractivity (Wildman–Crippen MR) is 131 cm³/mol. The Morgan fingerprint density at radius 2 is 1.68 bits per heavy atom. The fraction of sp³-hybridized carbons (Fsp3) is 0.296. The average Bonchev–Trinajstić information content (AvgIpc) is 2.87. The van der Waals surface area contributed by atoms with Crippen molar-refractivity contribution in [3.05, 3.63) is 93.2 Å². The maximum absolute atomic E-state index is 15.7. The molecule has 1 unspecified atom stereocenters. The molecule has 0 aliphatic carbocycles. The summed E-state index contributed by atoms with van der Waals surface area (Å²) < 4.78 is 27.5. The first-order valence-electron chi connectivity index (χ1n) is 11.3. The number of aliphatic hydroxyl groups excluding tert-OH is 1. The van der Waals surface area contributed by atoms with Crippen LogP contribution in [0.25, 0.3) is 0 Å². The van der Waals surface area contributed by atoms with E-state index in [1.54, 1.807) is 24.3 Å². The Hall–Kier alpha value is -2.74. The van der Waals surface area contributed by atoms with Crippen molar-refractivity contribution >= 4 is 21.9 Å². The van der Waals surface area contributed by atoms with Crippen LogP contribution in [-0.4, -0.2) is 29.1 Å². The molecule has 0 spiro atoms. The lowest BCUT2D eigenvalue weighted by molar-refractivity contribution is -0.0130. The molecule has 0 saturated carbocycles. The fourth-order valence-electron chi connectivity index (χ4n) is 4.14. The van der Waals surface area contributed by atoms with E-state index in [1.165, 1.54) is 6.92 Å². The highest BCUT2D eigenvalue weighted by molar-refractivity contribution is 9.10. The van der Waals surface area contributed by atoms with Gasteiger partial charge in [-0.1, -0.05) is 55.0 Å². The first kappa shape index (κ1) is 24.4. The quantitative estimate of drug-likeness (QED) is 0.294. The monoisotopic (exact) mass is 527 g/mol. The lowest BCUT2D eigenvalue weighted by Crippen LogP contribution is -2.34. The third-order valence-electron chi connectivity index (χ3n) is 5.98. The third-order valence-corrected chi connectivity index (χ3v) is 6.77. The van der Waals surface area contributed by atoms with Gasteiger partial charge in [0.05, 0.1) is 4.47 Å². The van der Waals surface area contributed by atoms with Crippen LogP contribution in [0.3, 0.4) is 0 Å². The van der Waals surface area contributed by atoms with Crippen molar-refractivity contribution in [3.8, 4) is 11.5 Å². The maximum Gasteiger partial charge on any atom is 0.347 e. The number of ether oxygens (including phenoxy) is 2. The summed E-state index contributed by atoms with van der Waals surface area (Å²) >= 11 is 3.45. The SMILES string of the molecule is Cc1c(F)c(C(O)N2CCCCC2)c(Br)c(OCc2ccccc2)c1C(=O)Oc1ccccc1. The van der Waals surface area contributed by atoms with Crippen LogP contribution in [0.2, 0.25) is 0 Å². The van der Waals surface area contributed by atoms with E-state index in [0.29, 0.717) is 18.8 Å². The van der Waals surface area contributed by atoms with E-state index in [9.17, 15) is 9.90 Å². The number of halogens is 2. The minimum absolute atomic E-state index is 0.0150. The van der Waals surface area contributed by atoms with Crippen LogP contribution < -0.4 is 9.47 Å². The van der Waals surface area contributed by atoms with Gasteiger partial charge in [-0.25, -0.2) is 9.18 Å². The highest BCUT2D eigenvalue weighted by atomic mass is 79.9. The van der Waals surface area contributed by atoms with Crippen molar-refractivity contribution in [2.75, 3.05) is 13.1 Å². The Balaban J connectivity index is 1.76. The Morgan fingerprint density at radius 3 is 2.32 bits per heavy atom. The number of carbonyl (C=O) groups excluding carboxylic acids is 1. The van der Waals surface area contributed by atoms with Crippen LogP contribution in [0, 0.1) is 12.7 Å². The smallest absolute Gasteiger partial charge is 0.347 e. The maximum atomic E-state index is 15.7. The molecule has 178 valence electrons. The van der Waals surface area contributed by atoms with E-state index in [0.717, 1.165) is 24.8 Å². The van der Waals surface area contributed by atoms with Gasteiger partial charge in [0.1, 0.15) is 35.7 Å². The lowest BCUT2D eigenvalue weighted by Gasteiger charge is -2.32. The largest absolute Gasteiger partial charge is 0.487 e. The minimum Gasteiger partial charge on any atom is -0.487 e. The molecule has 0 aromatic heterocycles. The molecule has 3 aromatic carbocycles. The van der Waals surface area contributed by atoms with Gasteiger partial charge in [0.25, 0.3) is 0 Å². The van der Waals surface area contributed by atoms with Crippen LogP contribution in [0.1, 0.15) is 52.5 Å². The van der Waals surface area contributed by atoms with Crippen LogP contribution >= 0.6 is 15.9 Å². The number of benzene rings is 3. The molecule has 1 saturated heterocycles. The highest BCUT2D eigenvalue weighted by Crippen LogP contribution is 2.42. The molecule has 1 aliphatic heterocycles. The number of piperidine rings is 1. The normalized spacial score (nSPS) is 15.1. The topological polar surface area (TPSA) is 59.0 Å². The number of aliphatic hydroxyl groups is 1. The summed E-state index contributed by atoms with van der Waals surface area (Å²) in [4.78, 5) is 15.0. The second-order valence-corrected chi connectivity index (χ2v) is 9.11. The molecule has 1 N–H and O–H groups in total. The number of rotatable bonds is 7. The van der Waals surface area contributed by atoms with Gasteiger partial charge < -0.3 is 14.6 Å². The number of likely N-dealkylation sites (tertiary alicyclic amines) is 1. The van der Waals surface area contributed by atoms with E-state index in [4.69, 9.17) is 9.47 Å². The molecule has 1 fully saturated rings. The summed E-state index contributed by atoms with van der Waals surface area (Å²) in [7, 11) is 0. The molecular formula is C27H27BrFNO4. The van der Waals surface area contributed by atoms with Gasteiger partial charge in [0.15, 0.2) is 0 Å². The lowest BCUT2D eigenvalue weighted by atomic mass is 10.00. The molecular weight excluding hydrogens is 501 g/mol. The van der Waals surface area contributed by atoms with Gasteiger partial charge >= 0.3 is 5.97 Å². The number of hydrogen-bond acceptors (Lipinski definition) is 5. The van der Waals surface area contributed by atoms with Gasteiger partial charge in [-0.05, 0) is 53.4 Å². The number of esters is 1. The summed E-state index contributed by atoms with van der Waals surface area (Å²) in [6.07, 6.45) is 1.80. The molecule has 3 aromatic rings. The number of hydrogen-bond donors (Lipinski definition) is 1. The fourth-order valence-corrected chi connectivity index (χ4v) is 4.83. The highest BCUT2D eigenvalue weighted by Gasteiger charge is 2.33. The van der Waals surface area contributed by atoms with E-state index in [1.807, 2.05) is 41.3 Å². The first-order chi connectivity index (χ1) is 16.5. The number of para-hydroxylation sites is 1. The Labute approximate surface area is 207 Å². The molecule has 0 radical (unpaired) electrons. The average molecular weight is 528 g/mol. The molecule has 34 heavy (non-hydrogen) atoms. The van der Waals surface area contributed by atoms with E-state index in [-0.39, 0.29) is 33.5 Å². The molecule has 0 bridgehead atoms. The van der Waals surface area contributed by atoms with Crippen LogP contribution in [0.4, 0.5) is 4.39 Å². The van der Waals surface area contributed by atoms with E-state index >= 15 is 4.39 Å². The van der Waals surface area contributed by atoms with Crippen LogP contribution in [0.15, 0.2) is 65.1 Å². The van der Waals surface area contributed by atoms with E-state index in [2.05, 4.69) is 15.9 Å². The molecule has 1 atom stereocenters. The van der Waals surface area contributed by atoms with Gasteiger partial charge in [-0.2, -0.15) is 0 Å². The van der Waals surface area contributed by atoms with Gasteiger partial charge in [-0.3, -0.25) is 4.90 Å². The van der Waals surface area contributed by atoms with Crippen molar-refractivity contribution in [1.29, 1.82) is 0 Å². The number of carbonyl (C=O) groups is 1. The van der Waals surface area contributed by atoms with E-state index < -0.39 is 18.0 Å². The van der Waals surface area contributed by atoms with Crippen molar-refractivity contribution < 1.29 is 23.8 Å². The number of nitrogens with zero attached hydrogens (tertiary/aromatic N) is 1. The zero-order chi connectivity index (χ0) is 24.1. The third kappa shape index (κ3) is 5.32. The van der Waals surface area contributed by atoms with Crippen molar-refractivity contribution in [3.63, 3.8) is 0 Å². The van der Waals surface area contributed by atoms with Crippen molar-refractivity contribution in [2.45, 2.75) is 39.0 Å². The van der Waals surface area contributed by atoms with Gasteiger partial charge in [0, 0.05) is 24.2 Å². The first-order valence-corrected chi connectivity index (χ1v) is 12.1. The molecule has 1 heterocycles. The second kappa shape index (κ2) is 11.1. The minimum atomic E-state index is -1.16. The van der Waals surface area contributed by atoms with Crippen molar-refractivity contribution in [1.82, 2.24) is 4.90 Å². The second-order valence-electron chi connectivity index (χ2n) is 8.32. The van der Waals surface area contributed by atoms with Crippen LogP contribution in [0.5, 0.6) is 11.5 Å². The summed E-state index contributed by atoms with van der Waals surface area (Å²) in [5, 5.41) is 11.1. The summed E-state index contributed by atoms with van der Waals surface area (Å²) in [6, 6.07) is 18.1.